The Bertz CT molecular complexity index is 119. The molecule has 2 heteroatoms. The first-order chi connectivity index (χ1) is 4.79. The van der Waals surface area contributed by atoms with Crippen molar-refractivity contribution in [1.82, 2.24) is 0 Å². The van der Waals surface area contributed by atoms with Crippen LogP contribution in [0.15, 0.2) is 0 Å². The standard InChI is InChI=1S/C8H14O2/c1-5-4-10-8-6(5)2-3-7(8)9/h5-9H,2-4H2,1H3. The lowest BCUT2D eigenvalue weighted by Crippen LogP contribution is -2.23. The van der Waals surface area contributed by atoms with Gasteiger partial charge in [-0.25, -0.2) is 0 Å². The Hall–Kier alpha value is -0.0800. The van der Waals surface area contributed by atoms with Crippen molar-refractivity contribution in [3.63, 3.8) is 0 Å². The molecule has 0 amide bonds. The minimum atomic E-state index is -0.171. The molecule has 1 aliphatic carbocycles. The molecule has 2 aliphatic rings. The zero-order valence-corrected chi connectivity index (χ0v) is 6.29. The lowest BCUT2D eigenvalue weighted by molar-refractivity contribution is 0.00631. The second-order valence-corrected chi connectivity index (χ2v) is 3.58. The Balaban J connectivity index is 2.09. The number of rotatable bonds is 0. The van der Waals surface area contributed by atoms with Crippen molar-refractivity contribution >= 4 is 0 Å². The van der Waals surface area contributed by atoms with Crippen LogP contribution < -0.4 is 0 Å². The monoisotopic (exact) mass is 142 g/mol. The Morgan fingerprint density at radius 2 is 2.20 bits per heavy atom. The highest BCUT2D eigenvalue weighted by Crippen LogP contribution is 2.39. The van der Waals surface area contributed by atoms with Crippen molar-refractivity contribution in [1.29, 1.82) is 0 Å². The average molecular weight is 142 g/mol. The molecule has 0 radical (unpaired) electrons. The predicted octanol–water partition coefficient (Wildman–Crippen LogP) is 0.792. The zero-order chi connectivity index (χ0) is 7.14. The van der Waals surface area contributed by atoms with Crippen molar-refractivity contribution in [2.45, 2.75) is 32.0 Å². The largest absolute Gasteiger partial charge is 0.390 e. The van der Waals surface area contributed by atoms with Crippen LogP contribution in [0, 0.1) is 11.8 Å². The summed E-state index contributed by atoms with van der Waals surface area (Å²) in [6.07, 6.45) is 2.11. The second-order valence-electron chi connectivity index (χ2n) is 3.58. The fourth-order valence-electron chi connectivity index (χ4n) is 2.21. The zero-order valence-electron chi connectivity index (χ0n) is 6.29. The topological polar surface area (TPSA) is 29.5 Å². The third-order valence-electron chi connectivity index (χ3n) is 2.88. The number of aliphatic hydroxyl groups excluding tert-OH is 1. The summed E-state index contributed by atoms with van der Waals surface area (Å²) < 4.78 is 5.45. The van der Waals surface area contributed by atoms with Crippen LogP contribution in [0.2, 0.25) is 0 Å². The molecular weight excluding hydrogens is 128 g/mol. The van der Waals surface area contributed by atoms with Gasteiger partial charge in [0.2, 0.25) is 0 Å². The predicted molar refractivity (Wildman–Crippen MR) is 37.6 cm³/mol. The number of aliphatic hydroxyl groups is 1. The van der Waals surface area contributed by atoms with Gasteiger partial charge in [0.25, 0.3) is 0 Å². The van der Waals surface area contributed by atoms with E-state index in [1.807, 2.05) is 0 Å². The smallest absolute Gasteiger partial charge is 0.0865 e. The van der Waals surface area contributed by atoms with Gasteiger partial charge in [0.05, 0.1) is 18.8 Å². The molecule has 0 aromatic rings. The van der Waals surface area contributed by atoms with Crippen molar-refractivity contribution in [3.05, 3.63) is 0 Å². The summed E-state index contributed by atoms with van der Waals surface area (Å²) in [6.45, 7) is 3.06. The Morgan fingerprint density at radius 1 is 1.40 bits per heavy atom. The molecule has 1 saturated carbocycles. The van der Waals surface area contributed by atoms with Gasteiger partial charge in [0, 0.05) is 0 Å². The van der Waals surface area contributed by atoms with E-state index in [2.05, 4.69) is 6.92 Å². The molecule has 1 saturated heterocycles. The first-order valence-corrected chi connectivity index (χ1v) is 4.08. The van der Waals surface area contributed by atoms with Gasteiger partial charge in [0.1, 0.15) is 0 Å². The van der Waals surface area contributed by atoms with Gasteiger partial charge in [-0.05, 0) is 24.7 Å². The SMILES string of the molecule is CC1COC2C(O)CCC12. The van der Waals surface area contributed by atoms with Gasteiger partial charge in [-0.2, -0.15) is 0 Å². The summed E-state index contributed by atoms with van der Waals surface area (Å²) in [5.41, 5.74) is 0. The Morgan fingerprint density at radius 3 is 2.90 bits per heavy atom. The maximum Gasteiger partial charge on any atom is 0.0865 e. The van der Waals surface area contributed by atoms with Crippen molar-refractivity contribution in [2.75, 3.05) is 6.61 Å². The molecule has 0 bridgehead atoms. The molecule has 4 unspecified atom stereocenters. The van der Waals surface area contributed by atoms with E-state index in [4.69, 9.17) is 4.74 Å². The number of fused-ring (bicyclic) bond motifs is 1. The van der Waals surface area contributed by atoms with Crippen molar-refractivity contribution < 1.29 is 9.84 Å². The summed E-state index contributed by atoms with van der Waals surface area (Å²) >= 11 is 0. The maximum atomic E-state index is 9.39. The first kappa shape index (κ1) is 6.62. The van der Waals surface area contributed by atoms with Crippen LogP contribution in [0.5, 0.6) is 0 Å². The molecule has 0 aromatic carbocycles. The maximum absolute atomic E-state index is 9.39. The molecule has 10 heavy (non-hydrogen) atoms. The van der Waals surface area contributed by atoms with E-state index in [-0.39, 0.29) is 12.2 Å². The van der Waals surface area contributed by atoms with E-state index in [0.717, 1.165) is 19.4 Å². The summed E-state index contributed by atoms with van der Waals surface area (Å²) in [4.78, 5) is 0. The molecule has 1 heterocycles. The third kappa shape index (κ3) is 0.789. The minimum absolute atomic E-state index is 0.171. The van der Waals surface area contributed by atoms with Crippen LogP contribution in [0.3, 0.4) is 0 Å². The molecule has 1 aliphatic heterocycles. The van der Waals surface area contributed by atoms with Crippen LogP contribution >= 0.6 is 0 Å². The normalized spacial score (nSPS) is 53.4. The molecule has 1 N–H and O–H groups in total. The van der Waals surface area contributed by atoms with E-state index in [0.29, 0.717) is 11.8 Å². The molecule has 0 aromatic heterocycles. The fourth-order valence-corrected chi connectivity index (χ4v) is 2.21. The van der Waals surface area contributed by atoms with Gasteiger partial charge in [-0.1, -0.05) is 6.92 Å². The molecule has 2 nitrogen and oxygen atoms in total. The van der Waals surface area contributed by atoms with Crippen LogP contribution in [-0.2, 0) is 4.74 Å². The number of hydrogen-bond donors (Lipinski definition) is 1. The number of hydrogen-bond acceptors (Lipinski definition) is 2. The summed E-state index contributed by atoms with van der Waals surface area (Å²) in [5.74, 6) is 1.32. The number of ether oxygens (including phenoxy) is 1. The van der Waals surface area contributed by atoms with Crippen LogP contribution in [-0.4, -0.2) is 23.9 Å². The fraction of sp³-hybridized carbons (Fsp3) is 1.00. The average Bonchev–Trinajstić information content (AvgIpc) is 2.41. The lowest BCUT2D eigenvalue weighted by atomic mass is 9.94. The van der Waals surface area contributed by atoms with E-state index < -0.39 is 0 Å². The van der Waals surface area contributed by atoms with Gasteiger partial charge >= 0.3 is 0 Å². The quantitative estimate of drug-likeness (QED) is 0.542. The van der Waals surface area contributed by atoms with Crippen LogP contribution in [0.25, 0.3) is 0 Å². The first-order valence-electron chi connectivity index (χ1n) is 4.08. The highest BCUT2D eigenvalue weighted by Gasteiger charge is 2.43. The highest BCUT2D eigenvalue weighted by molar-refractivity contribution is 4.92. The van der Waals surface area contributed by atoms with Gasteiger partial charge in [-0.3, -0.25) is 0 Å². The molecule has 2 fully saturated rings. The van der Waals surface area contributed by atoms with Crippen molar-refractivity contribution in [3.8, 4) is 0 Å². The molecule has 58 valence electrons. The van der Waals surface area contributed by atoms with E-state index >= 15 is 0 Å². The van der Waals surface area contributed by atoms with Gasteiger partial charge in [0.15, 0.2) is 0 Å². The molecule has 2 rings (SSSR count). The molecular formula is C8H14O2. The Kier molecular flexibility index (Phi) is 1.46. The minimum Gasteiger partial charge on any atom is -0.390 e. The highest BCUT2D eigenvalue weighted by atomic mass is 16.5. The van der Waals surface area contributed by atoms with Crippen LogP contribution in [0.1, 0.15) is 19.8 Å². The summed E-state index contributed by atoms with van der Waals surface area (Å²) in [6, 6.07) is 0. The van der Waals surface area contributed by atoms with E-state index in [1.54, 1.807) is 0 Å². The van der Waals surface area contributed by atoms with Gasteiger partial charge < -0.3 is 9.84 Å². The Labute approximate surface area is 61.2 Å². The van der Waals surface area contributed by atoms with E-state index in [9.17, 15) is 5.11 Å². The molecule has 0 spiro atoms. The van der Waals surface area contributed by atoms with Crippen LogP contribution in [0.4, 0.5) is 0 Å². The second kappa shape index (κ2) is 2.21. The van der Waals surface area contributed by atoms with Gasteiger partial charge in [-0.15, -0.1) is 0 Å². The molecule has 4 atom stereocenters. The third-order valence-corrected chi connectivity index (χ3v) is 2.88. The summed E-state index contributed by atoms with van der Waals surface area (Å²) in [5, 5.41) is 9.39. The summed E-state index contributed by atoms with van der Waals surface area (Å²) in [7, 11) is 0. The van der Waals surface area contributed by atoms with Crippen molar-refractivity contribution in [2.24, 2.45) is 11.8 Å². The lowest BCUT2D eigenvalue weighted by Gasteiger charge is -2.12. The van der Waals surface area contributed by atoms with E-state index in [1.165, 1.54) is 0 Å².